The van der Waals surface area contributed by atoms with E-state index in [4.69, 9.17) is 5.11 Å². The summed E-state index contributed by atoms with van der Waals surface area (Å²) in [7, 11) is -3.70. The standard InChI is InChI=1S/C9H14N4O4S2/c1-5(14)11-8-12-13-9(18-8)19(16,17)10-4-6-2-7(15)3-6/h6-7,10,15H,2-4H2,1H3,(H,11,12,14). The molecule has 1 aromatic heterocycles. The maximum atomic E-state index is 11.9. The van der Waals surface area contributed by atoms with E-state index in [2.05, 4.69) is 20.2 Å². The van der Waals surface area contributed by atoms with Crippen molar-refractivity contribution in [2.24, 2.45) is 5.92 Å². The van der Waals surface area contributed by atoms with Gasteiger partial charge in [-0.3, -0.25) is 4.79 Å². The van der Waals surface area contributed by atoms with Gasteiger partial charge in [-0.15, -0.1) is 10.2 Å². The maximum Gasteiger partial charge on any atom is 0.269 e. The number of rotatable bonds is 5. The highest BCUT2D eigenvalue weighted by Gasteiger charge is 2.29. The SMILES string of the molecule is CC(=O)Nc1nnc(S(=O)(=O)NCC2CC(O)C2)s1. The first-order chi connectivity index (χ1) is 8.87. The van der Waals surface area contributed by atoms with Gasteiger partial charge in [0.2, 0.25) is 15.4 Å². The van der Waals surface area contributed by atoms with Gasteiger partial charge in [-0.25, -0.2) is 13.1 Å². The normalized spacial score (nSPS) is 22.8. The monoisotopic (exact) mass is 306 g/mol. The van der Waals surface area contributed by atoms with E-state index in [1.54, 1.807) is 0 Å². The van der Waals surface area contributed by atoms with Crippen molar-refractivity contribution in [3.05, 3.63) is 0 Å². The van der Waals surface area contributed by atoms with E-state index in [1.165, 1.54) is 6.92 Å². The summed E-state index contributed by atoms with van der Waals surface area (Å²) in [6.07, 6.45) is 0.897. The van der Waals surface area contributed by atoms with Gasteiger partial charge in [0.1, 0.15) is 0 Å². The minimum absolute atomic E-state index is 0.145. The van der Waals surface area contributed by atoms with Crippen LogP contribution in [0.2, 0.25) is 0 Å². The predicted octanol–water partition coefficient (Wildman–Crippen LogP) is -0.454. The number of aromatic nitrogens is 2. The Morgan fingerprint density at radius 3 is 2.74 bits per heavy atom. The van der Waals surface area contributed by atoms with E-state index in [9.17, 15) is 13.2 Å². The summed E-state index contributed by atoms with van der Waals surface area (Å²) in [5.74, 6) is -0.177. The van der Waals surface area contributed by atoms with Crippen molar-refractivity contribution in [3.8, 4) is 0 Å². The second-order valence-electron chi connectivity index (χ2n) is 4.40. The lowest BCUT2D eigenvalue weighted by atomic mass is 9.83. The zero-order valence-electron chi connectivity index (χ0n) is 10.2. The van der Waals surface area contributed by atoms with Gasteiger partial charge in [-0.1, -0.05) is 11.3 Å². The van der Waals surface area contributed by atoms with Crippen molar-refractivity contribution < 1.29 is 18.3 Å². The van der Waals surface area contributed by atoms with Crippen LogP contribution in [-0.4, -0.2) is 42.3 Å². The zero-order valence-corrected chi connectivity index (χ0v) is 11.8. The van der Waals surface area contributed by atoms with E-state index in [-0.39, 0.29) is 33.9 Å². The molecule has 106 valence electrons. The largest absolute Gasteiger partial charge is 0.393 e. The number of sulfonamides is 1. The molecular formula is C9H14N4O4S2. The number of hydrogen-bond donors (Lipinski definition) is 3. The van der Waals surface area contributed by atoms with Crippen LogP contribution in [0.15, 0.2) is 4.34 Å². The number of anilines is 1. The Morgan fingerprint density at radius 2 is 2.16 bits per heavy atom. The molecule has 2 rings (SSSR count). The third-order valence-corrected chi connectivity index (χ3v) is 5.32. The summed E-state index contributed by atoms with van der Waals surface area (Å²) < 4.78 is 26.0. The average Bonchev–Trinajstić information content (AvgIpc) is 2.71. The van der Waals surface area contributed by atoms with Gasteiger partial charge in [-0.05, 0) is 18.8 Å². The fourth-order valence-corrected chi connectivity index (χ4v) is 3.78. The van der Waals surface area contributed by atoms with E-state index < -0.39 is 10.0 Å². The molecular weight excluding hydrogens is 292 g/mol. The molecule has 0 aliphatic heterocycles. The molecule has 0 spiro atoms. The second kappa shape index (κ2) is 5.49. The molecule has 0 bridgehead atoms. The Morgan fingerprint density at radius 1 is 1.47 bits per heavy atom. The maximum absolute atomic E-state index is 11.9. The van der Waals surface area contributed by atoms with Crippen LogP contribution in [0.5, 0.6) is 0 Å². The van der Waals surface area contributed by atoms with Gasteiger partial charge < -0.3 is 10.4 Å². The summed E-state index contributed by atoms with van der Waals surface area (Å²) in [6, 6.07) is 0. The average molecular weight is 306 g/mol. The van der Waals surface area contributed by atoms with Crippen LogP contribution >= 0.6 is 11.3 Å². The first-order valence-electron chi connectivity index (χ1n) is 5.65. The molecule has 0 saturated heterocycles. The first-order valence-corrected chi connectivity index (χ1v) is 7.95. The molecule has 1 fully saturated rings. The van der Waals surface area contributed by atoms with Crippen molar-refractivity contribution in [1.82, 2.24) is 14.9 Å². The molecule has 10 heteroatoms. The topological polar surface area (TPSA) is 121 Å². The molecule has 19 heavy (non-hydrogen) atoms. The van der Waals surface area contributed by atoms with Crippen molar-refractivity contribution in [2.75, 3.05) is 11.9 Å². The number of hydrogen-bond acceptors (Lipinski definition) is 7. The highest BCUT2D eigenvalue weighted by atomic mass is 32.2. The highest BCUT2D eigenvalue weighted by Crippen LogP contribution is 2.27. The molecule has 0 atom stereocenters. The number of carbonyl (C=O) groups excluding carboxylic acids is 1. The minimum atomic E-state index is -3.70. The highest BCUT2D eigenvalue weighted by molar-refractivity contribution is 7.91. The van der Waals surface area contributed by atoms with E-state index in [1.807, 2.05) is 0 Å². The zero-order chi connectivity index (χ0) is 14.0. The van der Waals surface area contributed by atoms with Crippen LogP contribution in [0, 0.1) is 5.92 Å². The van der Waals surface area contributed by atoms with E-state index >= 15 is 0 Å². The van der Waals surface area contributed by atoms with Crippen LogP contribution < -0.4 is 10.0 Å². The molecule has 0 unspecified atom stereocenters. The van der Waals surface area contributed by atoms with Crippen molar-refractivity contribution in [3.63, 3.8) is 0 Å². The number of nitrogens with zero attached hydrogens (tertiary/aromatic N) is 2. The van der Waals surface area contributed by atoms with Crippen molar-refractivity contribution in [1.29, 1.82) is 0 Å². The summed E-state index contributed by atoms with van der Waals surface area (Å²) in [6.45, 7) is 1.57. The van der Waals surface area contributed by atoms with Crippen molar-refractivity contribution in [2.45, 2.75) is 30.2 Å². The number of amides is 1. The first kappa shape index (κ1) is 14.3. The predicted molar refractivity (Wildman–Crippen MR) is 68.1 cm³/mol. The Hall–Kier alpha value is -1.10. The van der Waals surface area contributed by atoms with Crippen LogP contribution in [0.25, 0.3) is 0 Å². The Kier molecular flexibility index (Phi) is 4.13. The van der Waals surface area contributed by atoms with Crippen LogP contribution in [-0.2, 0) is 14.8 Å². The number of carbonyl (C=O) groups is 1. The molecule has 1 amide bonds. The summed E-state index contributed by atoms with van der Waals surface area (Å²) in [5.41, 5.74) is 0. The van der Waals surface area contributed by atoms with Gasteiger partial charge in [0.25, 0.3) is 10.0 Å². The molecule has 0 radical (unpaired) electrons. The molecule has 3 N–H and O–H groups in total. The lowest BCUT2D eigenvalue weighted by molar-refractivity contribution is -0.114. The molecule has 1 saturated carbocycles. The summed E-state index contributed by atoms with van der Waals surface area (Å²) >= 11 is 0.792. The quantitative estimate of drug-likeness (QED) is 0.633. The molecule has 1 aromatic rings. The van der Waals surface area contributed by atoms with Gasteiger partial charge >= 0.3 is 0 Å². The Balaban J connectivity index is 1.95. The van der Waals surface area contributed by atoms with Crippen LogP contribution in [0.3, 0.4) is 0 Å². The van der Waals surface area contributed by atoms with E-state index in [0.29, 0.717) is 12.8 Å². The van der Waals surface area contributed by atoms with E-state index in [0.717, 1.165) is 11.3 Å². The minimum Gasteiger partial charge on any atom is -0.393 e. The van der Waals surface area contributed by atoms with Gasteiger partial charge in [0, 0.05) is 13.5 Å². The molecule has 0 aromatic carbocycles. The molecule has 8 nitrogen and oxygen atoms in total. The summed E-state index contributed by atoms with van der Waals surface area (Å²) in [5, 5.41) is 18.7. The smallest absolute Gasteiger partial charge is 0.269 e. The van der Waals surface area contributed by atoms with Gasteiger partial charge in [0.05, 0.1) is 6.10 Å². The third-order valence-electron chi connectivity index (χ3n) is 2.69. The number of aliphatic hydroxyl groups is 1. The van der Waals surface area contributed by atoms with Gasteiger partial charge in [-0.2, -0.15) is 0 Å². The third kappa shape index (κ3) is 3.69. The molecule has 1 aliphatic carbocycles. The summed E-state index contributed by atoms with van der Waals surface area (Å²) in [4.78, 5) is 10.8. The van der Waals surface area contributed by atoms with Gasteiger partial charge in [0.15, 0.2) is 0 Å². The van der Waals surface area contributed by atoms with Crippen LogP contribution in [0.4, 0.5) is 5.13 Å². The fraction of sp³-hybridized carbons (Fsp3) is 0.667. The Labute approximate surface area is 114 Å². The Bertz CT molecular complexity index is 565. The molecule has 1 heterocycles. The number of nitrogens with one attached hydrogen (secondary N) is 2. The lowest BCUT2D eigenvalue weighted by Crippen LogP contribution is -2.38. The van der Waals surface area contributed by atoms with Crippen molar-refractivity contribution >= 4 is 32.4 Å². The fourth-order valence-electron chi connectivity index (χ4n) is 1.68. The lowest BCUT2D eigenvalue weighted by Gasteiger charge is -2.31. The number of aliphatic hydroxyl groups excluding tert-OH is 1. The molecule has 1 aliphatic rings. The second-order valence-corrected chi connectivity index (χ2v) is 7.32. The van der Waals surface area contributed by atoms with Crippen LogP contribution in [0.1, 0.15) is 19.8 Å².